The number of H-pyrrole nitrogens is 1. The number of fused-ring (bicyclic) bond motifs is 2. The summed E-state index contributed by atoms with van der Waals surface area (Å²) >= 11 is 3.66. The van der Waals surface area contributed by atoms with E-state index in [0.717, 1.165) is 25.7 Å². The van der Waals surface area contributed by atoms with Crippen molar-refractivity contribution >= 4 is 21.8 Å². The number of carbonyl (C=O) groups is 1. The second kappa shape index (κ2) is 4.53. The minimum absolute atomic E-state index is 0.0281. The number of piperidine rings is 1. The highest BCUT2D eigenvalue weighted by molar-refractivity contribution is 9.09. The Hall–Kier alpha value is -1.10. The van der Waals surface area contributed by atoms with E-state index in [1.54, 1.807) is 12.1 Å². The number of carbonyl (C=O) groups excluding carboxylic acids is 1. The predicted octanol–water partition coefficient (Wildman–Crippen LogP) is 1.91. The van der Waals surface area contributed by atoms with Crippen LogP contribution in [0.4, 0.5) is 0 Å². The van der Waals surface area contributed by atoms with Crippen molar-refractivity contribution in [3.8, 4) is 0 Å². The van der Waals surface area contributed by atoms with Crippen molar-refractivity contribution in [1.29, 1.82) is 0 Å². The molecule has 18 heavy (non-hydrogen) atoms. The number of amides is 1. The third-order valence-electron chi connectivity index (χ3n) is 3.91. The Bertz CT molecular complexity index is 514. The number of aromatic nitrogens is 1. The van der Waals surface area contributed by atoms with Gasteiger partial charge in [-0.25, -0.2) is 0 Å². The molecule has 2 bridgehead atoms. The second-order valence-electron chi connectivity index (χ2n) is 5.09. The first kappa shape index (κ1) is 12.0. The van der Waals surface area contributed by atoms with E-state index in [4.69, 9.17) is 0 Å². The molecule has 96 valence electrons. The van der Waals surface area contributed by atoms with Crippen LogP contribution in [0.3, 0.4) is 0 Å². The van der Waals surface area contributed by atoms with Gasteiger partial charge in [0.05, 0.1) is 0 Å². The van der Waals surface area contributed by atoms with Gasteiger partial charge in [-0.05, 0) is 31.7 Å². The fraction of sp³-hybridized carbons (Fsp3) is 0.538. The highest BCUT2D eigenvalue weighted by atomic mass is 79.9. The Morgan fingerprint density at radius 3 is 2.56 bits per heavy atom. The lowest BCUT2D eigenvalue weighted by molar-refractivity contribution is 0.0597. The van der Waals surface area contributed by atoms with E-state index in [9.17, 15) is 9.59 Å². The number of alkyl halides is 1. The summed E-state index contributed by atoms with van der Waals surface area (Å²) in [6.07, 6.45) is 4.18. The largest absolute Gasteiger partial charge is 0.331 e. The number of halogens is 1. The summed E-state index contributed by atoms with van der Waals surface area (Å²) in [5, 5.41) is 0. The highest BCUT2D eigenvalue weighted by Crippen LogP contribution is 2.38. The maximum atomic E-state index is 12.5. The number of rotatable bonds is 1. The van der Waals surface area contributed by atoms with Gasteiger partial charge in [0.2, 0.25) is 5.56 Å². The van der Waals surface area contributed by atoms with Gasteiger partial charge in [0.25, 0.3) is 5.91 Å². The number of hydrogen-bond donors (Lipinski definition) is 1. The molecule has 1 aromatic rings. The SMILES string of the molecule is O=C(c1cccc(=O)[nH]1)N1C2CCC1CC(Br)C2. The van der Waals surface area contributed by atoms with Crippen molar-refractivity contribution in [3.63, 3.8) is 0 Å². The normalized spacial score (nSPS) is 30.5. The van der Waals surface area contributed by atoms with Gasteiger partial charge in [0.1, 0.15) is 5.69 Å². The summed E-state index contributed by atoms with van der Waals surface area (Å²) in [5.41, 5.74) is 0.191. The molecule has 2 atom stereocenters. The van der Waals surface area contributed by atoms with Crippen LogP contribution in [0.5, 0.6) is 0 Å². The molecule has 0 aliphatic carbocycles. The third-order valence-corrected chi connectivity index (χ3v) is 4.66. The first-order valence-electron chi connectivity index (χ1n) is 6.31. The van der Waals surface area contributed by atoms with Gasteiger partial charge >= 0.3 is 0 Å². The minimum Gasteiger partial charge on any atom is -0.331 e. The Kier molecular flexibility index (Phi) is 3.01. The van der Waals surface area contributed by atoms with Crippen LogP contribution in [-0.4, -0.2) is 32.7 Å². The molecule has 3 heterocycles. The smallest absolute Gasteiger partial charge is 0.270 e. The first-order chi connectivity index (χ1) is 8.65. The zero-order valence-corrected chi connectivity index (χ0v) is 11.5. The zero-order valence-electron chi connectivity index (χ0n) is 9.93. The lowest BCUT2D eigenvalue weighted by Gasteiger charge is -2.37. The van der Waals surface area contributed by atoms with Crippen LogP contribution in [-0.2, 0) is 0 Å². The maximum Gasteiger partial charge on any atom is 0.270 e. The average Bonchev–Trinajstić information content (AvgIpc) is 2.61. The molecule has 0 aromatic carbocycles. The number of pyridine rings is 1. The maximum absolute atomic E-state index is 12.5. The molecule has 0 saturated carbocycles. The second-order valence-corrected chi connectivity index (χ2v) is 6.39. The lowest BCUT2D eigenvalue weighted by atomic mass is 10.0. The lowest BCUT2D eigenvalue weighted by Crippen LogP contribution is -2.47. The molecule has 3 rings (SSSR count). The van der Waals surface area contributed by atoms with Crippen LogP contribution in [0, 0.1) is 0 Å². The number of nitrogens with one attached hydrogen (secondary N) is 1. The quantitative estimate of drug-likeness (QED) is 0.806. The van der Waals surface area contributed by atoms with Crippen LogP contribution >= 0.6 is 15.9 Å². The van der Waals surface area contributed by atoms with Crippen LogP contribution in [0.15, 0.2) is 23.0 Å². The van der Waals surface area contributed by atoms with Gasteiger partial charge in [-0.15, -0.1) is 0 Å². The highest BCUT2D eigenvalue weighted by Gasteiger charge is 2.42. The fourth-order valence-corrected chi connectivity index (χ4v) is 4.02. The molecule has 5 heteroatoms. The average molecular weight is 311 g/mol. The third kappa shape index (κ3) is 2.00. The van der Waals surface area contributed by atoms with E-state index in [2.05, 4.69) is 20.9 Å². The van der Waals surface area contributed by atoms with E-state index >= 15 is 0 Å². The van der Waals surface area contributed by atoms with Gasteiger partial charge in [0, 0.05) is 23.0 Å². The van der Waals surface area contributed by atoms with E-state index < -0.39 is 0 Å². The molecule has 0 spiro atoms. The molecule has 2 aliphatic heterocycles. The van der Waals surface area contributed by atoms with Crippen LogP contribution in [0.1, 0.15) is 36.2 Å². The molecule has 2 saturated heterocycles. The Morgan fingerprint density at radius 1 is 1.28 bits per heavy atom. The van der Waals surface area contributed by atoms with Gasteiger partial charge in [0.15, 0.2) is 0 Å². The number of nitrogens with zero attached hydrogens (tertiary/aromatic N) is 1. The first-order valence-corrected chi connectivity index (χ1v) is 7.23. The van der Waals surface area contributed by atoms with Crippen LogP contribution in [0.2, 0.25) is 0 Å². The van der Waals surface area contributed by atoms with Crippen molar-refractivity contribution in [2.45, 2.75) is 42.6 Å². The van der Waals surface area contributed by atoms with Crippen molar-refractivity contribution < 1.29 is 4.79 Å². The summed E-state index contributed by atoms with van der Waals surface area (Å²) in [6, 6.07) is 5.39. The van der Waals surface area contributed by atoms with Gasteiger partial charge < -0.3 is 9.88 Å². The van der Waals surface area contributed by atoms with Crippen LogP contribution < -0.4 is 5.56 Å². The molecule has 2 unspecified atom stereocenters. The number of aromatic amines is 1. The Labute approximate surface area is 114 Å². The monoisotopic (exact) mass is 310 g/mol. The van der Waals surface area contributed by atoms with E-state index in [1.165, 1.54) is 6.07 Å². The fourth-order valence-electron chi connectivity index (χ4n) is 3.15. The standard InChI is InChI=1S/C13H15BrN2O2/c14-8-6-9-4-5-10(7-8)16(9)13(18)11-2-1-3-12(17)15-11/h1-3,8-10H,4-7H2,(H,15,17). The predicted molar refractivity (Wildman–Crippen MR) is 72.0 cm³/mol. The Morgan fingerprint density at radius 2 is 1.94 bits per heavy atom. The molecular formula is C13H15BrN2O2. The molecule has 1 N–H and O–H groups in total. The van der Waals surface area contributed by atoms with E-state index in [-0.39, 0.29) is 11.5 Å². The van der Waals surface area contributed by atoms with E-state index in [1.807, 2.05) is 4.90 Å². The topological polar surface area (TPSA) is 53.2 Å². The summed E-state index contributed by atoms with van der Waals surface area (Å²) in [5.74, 6) is -0.0281. The molecule has 1 aromatic heterocycles. The Balaban J connectivity index is 1.88. The summed E-state index contributed by atoms with van der Waals surface area (Å²) in [4.78, 5) is 28.9. The van der Waals surface area contributed by atoms with Gasteiger partial charge in [-0.2, -0.15) is 0 Å². The molecule has 4 nitrogen and oxygen atoms in total. The molecule has 2 fully saturated rings. The van der Waals surface area contributed by atoms with Gasteiger partial charge in [-0.3, -0.25) is 9.59 Å². The molecular weight excluding hydrogens is 296 g/mol. The zero-order chi connectivity index (χ0) is 12.7. The summed E-state index contributed by atoms with van der Waals surface area (Å²) in [6.45, 7) is 0. The van der Waals surface area contributed by atoms with Crippen molar-refractivity contribution in [2.75, 3.05) is 0 Å². The molecule has 0 radical (unpaired) electrons. The van der Waals surface area contributed by atoms with Gasteiger partial charge in [-0.1, -0.05) is 22.0 Å². The van der Waals surface area contributed by atoms with Crippen LogP contribution in [0.25, 0.3) is 0 Å². The number of hydrogen-bond acceptors (Lipinski definition) is 2. The van der Waals surface area contributed by atoms with E-state index in [0.29, 0.717) is 22.6 Å². The van der Waals surface area contributed by atoms with Crippen molar-refractivity contribution in [1.82, 2.24) is 9.88 Å². The van der Waals surface area contributed by atoms with Crippen molar-refractivity contribution in [3.05, 3.63) is 34.2 Å². The molecule has 2 aliphatic rings. The minimum atomic E-state index is -0.219. The molecule has 1 amide bonds. The summed E-state index contributed by atoms with van der Waals surface area (Å²) in [7, 11) is 0. The summed E-state index contributed by atoms with van der Waals surface area (Å²) < 4.78 is 0. The van der Waals surface area contributed by atoms with Crippen molar-refractivity contribution in [2.24, 2.45) is 0 Å².